The van der Waals surface area contributed by atoms with Gasteiger partial charge in [0, 0.05) is 24.5 Å². The van der Waals surface area contributed by atoms with E-state index >= 15 is 0 Å². The van der Waals surface area contributed by atoms with Crippen LogP contribution in [0.15, 0.2) is 48.5 Å². The predicted octanol–water partition coefficient (Wildman–Crippen LogP) is 3.40. The van der Waals surface area contributed by atoms with Crippen molar-refractivity contribution in [3.63, 3.8) is 0 Å². The second kappa shape index (κ2) is 6.84. The normalized spacial score (nSPS) is 14.1. The lowest BCUT2D eigenvalue weighted by Crippen LogP contribution is -2.29. The minimum atomic E-state index is -0.208. The Balaban J connectivity index is 1.78. The van der Waals surface area contributed by atoms with Crippen molar-refractivity contribution in [1.82, 2.24) is 5.32 Å². The minimum absolute atomic E-state index is 0.0661. The fourth-order valence-corrected chi connectivity index (χ4v) is 2.92. The number of benzene rings is 2. The maximum Gasteiger partial charge on any atom is 0.253 e. The molecule has 5 heteroatoms. The van der Waals surface area contributed by atoms with E-state index in [9.17, 15) is 9.59 Å². The molecule has 1 aliphatic rings. The first-order chi connectivity index (χ1) is 11.2. The first-order valence-electron chi connectivity index (χ1n) is 7.58. The van der Waals surface area contributed by atoms with Gasteiger partial charge < -0.3 is 10.2 Å². The highest BCUT2D eigenvalue weighted by Gasteiger charge is 2.25. The van der Waals surface area contributed by atoms with E-state index in [4.69, 9.17) is 11.6 Å². The number of halogens is 1. The van der Waals surface area contributed by atoms with Crippen molar-refractivity contribution in [3.8, 4) is 0 Å². The second-order valence-electron chi connectivity index (χ2n) is 5.44. The van der Waals surface area contributed by atoms with Crippen molar-refractivity contribution < 1.29 is 9.59 Å². The summed E-state index contributed by atoms with van der Waals surface area (Å²) in [5.74, 6) is -0.142. The van der Waals surface area contributed by atoms with E-state index in [2.05, 4.69) is 5.32 Å². The third-order valence-corrected chi connectivity index (χ3v) is 4.28. The van der Waals surface area contributed by atoms with Crippen LogP contribution in [0.4, 0.5) is 5.69 Å². The summed E-state index contributed by atoms with van der Waals surface area (Å²) in [4.78, 5) is 26.2. The van der Waals surface area contributed by atoms with E-state index < -0.39 is 0 Å². The Kier molecular flexibility index (Phi) is 4.63. The smallest absolute Gasteiger partial charge is 0.253 e. The summed E-state index contributed by atoms with van der Waals surface area (Å²) in [5, 5.41) is 3.49. The fraction of sp³-hybridized carbons (Fsp3) is 0.222. The number of para-hydroxylation sites is 1. The highest BCUT2D eigenvalue weighted by molar-refractivity contribution is 6.31. The average Bonchev–Trinajstić information content (AvgIpc) is 3.00. The summed E-state index contributed by atoms with van der Waals surface area (Å²) in [7, 11) is 0. The van der Waals surface area contributed by atoms with Crippen molar-refractivity contribution >= 4 is 29.1 Å². The standard InChI is InChI=1S/C18H17ClN2O2/c19-15-8-3-1-6-13(15)12-20-18(23)14-7-2-4-9-16(14)21-11-5-10-17(21)22/h1-4,6-9H,5,10-12H2,(H,20,23). The van der Waals surface area contributed by atoms with Crippen LogP contribution in [0, 0.1) is 0 Å². The summed E-state index contributed by atoms with van der Waals surface area (Å²) < 4.78 is 0. The van der Waals surface area contributed by atoms with Crippen LogP contribution in [0.3, 0.4) is 0 Å². The van der Waals surface area contributed by atoms with Crippen molar-refractivity contribution in [2.75, 3.05) is 11.4 Å². The summed E-state index contributed by atoms with van der Waals surface area (Å²) in [6.07, 6.45) is 1.37. The zero-order valence-electron chi connectivity index (χ0n) is 12.6. The Morgan fingerprint density at radius 3 is 2.61 bits per heavy atom. The van der Waals surface area contributed by atoms with E-state index in [0.717, 1.165) is 12.0 Å². The van der Waals surface area contributed by atoms with Gasteiger partial charge in [0.05, 0.1) is 11.3 Å². The molecule has 1 aliphatic heterocycles. The molecule has 1 fully saturated rings. The third-order valence-electron chi connectivity index (χ3n) is 3.91. The van der Waals surface area contributed by atoms with Gasteiger partial charge in [-0.25, -0.2) is 0 Å². The molecule has 118 valence electrons. The molecule has 2 amide bonds. The lowest BCUT2D eigenvalue weighted by atomic mass is 10.1. The largest absolute Gasteiger partial charge is 0.348 e. The number of hydrogen-bond donors (Lipinski definition) is 1. The average molecular weight is 329 g/mol. The Labute approximate surface area is 140 Å². The number of amides is 2. The van der Waals surface area contributed by atoms with Gasteiger partial charge in [0.15, 0.2) is 0 Å². The van der Waals surface area contributed by atoms with Crippen LogP contribution < -0.4 is 10.2 Å². The van der Waals surface area contributed by atoms with Gasteiger partial charge in [-0.1, -0.05) is 41.9 Å². The van der Waals surface area contributed by atoms with Crippen LogP contribution in [0.25, 0.3) is 0 Å². The molecule has 4 nitrogen and oxygen atoms in total. The van der Waals surface area contributed by atoms with E-state index in [1.165, 1.54) is 0 Å². The number of carbonyl (C=O) groups is 2. The highest BCUT2D eigenvalue weighted by Crippen LogP contribution is 2.25. The molecule has 1 saturated heterocycles. The quantitative estimate of drug-likeness (QED) is 0.935. The molecule has 0 aliphatic carbocycles. The molecule has 0 aromatic heterocycles. The van der Waals surface area contributed by atoms with Crippen molar-refractivity contribution in [3.05, 3.63) is 64.7 Å². The molecular weight excluding hydrogens is 312 g/mol. The van der Waals surface area contributed by atoms with E-state index in [1.54, 1.807) is 23.1 Å². The van der Waals surface area contributed by atoms with Gasteiger partial charge >= 0.3 is 0 Å². The van der Waals surface area contributed by atoms with Crippen LogP contribution in [-0.4, -0.2) is 18.4 Å². The van der Waals surface area contributed by atoms with E-state index in [-0.39, 0.29) is 11.8 Å². The van der Waals surface area contributed by atoms with E-state index in [0.29, 0.717) is 35.8 Å². The lowest BCUT2D eigenvalue weighted by molar-refractivity contribution is -0.117. The van der Waals surface area contributed by atoms with Crippen LogP contribution in [0.1, 0.15) is 28.8 Å². The zero-order chi connectivity index (χ0) is 16.2. The van der Waals surface area contributed by atoms with Gasteiger partial charge in [0.1, 0.15) is 0 Å². The van der Waals surface area contributed by atoms with Crippen LogP contribution >= 0.6 is 11.6 Å². The second-order valence-corrected chi connectivity index (χ2v) is 5.85. The minimum Gasteiger partial charge on any atom is -0.348 e. The number of anilines is 1. The Hall–Kier alpha value is -2.33. The molecule has 0 atom stereocenters. The molecule has 23 heavy (non-hydrogen) atoms. The van der Waals surface area contributed by atoms with Crippen LogP contribution in [-0.2, 0) is 11.3 Å². The maximum absolute atomic E-state index is 12.5. The highest BCUT2D eigenvalue weighted by atomic mass is 35.5. The third kappa shape index (κ3) is 3.37. The summed E-state index contributed by atoms with van der Waals surface area (Å²) >= 11 is 6.10. The first-order valence-corrected chi connectivity index (χ1v) is 7.95. The molecule has 0 bridgehead atoms. The molecule has 3 rings (SSSR count). The molecule has 0 spiro atoms. The monoisotopic (exact) mass is 328 g/mol. The molecule has 0 radical (unpaired) electrons. The summed E-state index contributed by atoms with van der Waals surface area (Å²) in [6, 6.07) is 14.6. The number of carbonyl (C=O) groups excluding carboxylic acids is 2. The molecule has 0 unspecified atom stereocenters. The molecular formula is C18H17ClN2O2. The summed E-state index contributed by atoms with van der Waals surface area (Å²) in [6.45, 7) is 1.01. The van der Waals surface area contributed by atoms with Crippen molar-refractivity contribution in [2.24, 2.45) is 0 Å². The van der Waals surface area contributed by atoms with Gasteiger partial charge in [-0.3, -0.25) is 9.59 Å². The Morgan fingerprint density at radius 2 is 1.87 bits per heavy atom. The van der Waals surface area contributed by atoms with Gasteiger partial charge in [-0.2, -0.15) is 0 Å². The SMILES string of the molecule is O=C(NCc1ccccc1Cl)c1ccccc1N1CCCC1=O. The number of rotatable bonds is 4. The molecule has 2 aromatic rings. The number of hydrogen-bond acceptors (Lipinski definition) is 2. The van der Waals surface area contributed by atoms with Crippen LogP contribution in [0.2, 0.25) is 5.02 Å². The van der Waals surface area contributed by atoms with E-state index in [1.807, 2.05) is 30.3 Å². The van der Waals surface area contributed by atoms with Gasteiger partial charge in [0.25, 0.3) is 5.91 Å². The number of nitrogens with one attached hydrogen (secondary N) is 1. The fourth-order valence-electron chi connectivity index (χ4n) is 2.72. The molecule has 0 saturated carbocycles. The van der Waals surface area contributed by atoms with Gasteiger partial charge in [-0.05, 0) is 30.2 Å². The number of nitrogens with zero attached hydrogens (tertiary/aromatic N) is 1. The first kappa shape index (κ1) is 15.6. The van der Waals surface area contributed by atoms with Gasteiger partial charge in [-0.15, -0.1) is 0 Å². The lowest BCUT2D eigenvalue weighted by Gasteiger charge is -2.19. The molecule has 1 heterocycles. The molecule has 1 N–H and O–H groups in total. The summed E-state index contributed by atoms with van der Waals surface area (Å²) in [5.41, 5.74) is 2.04. The van der Waals surface area contributed by atoms with Crippen LogP contribution in [0.5, 0.6) is 0 Å². The van der Waals surface area contributed by atoms with Crippen molar-refractivity contribution in [2.45, 2.75) is 19.4 Å². The molecule has 2 aromatic carbocycles. The predicted molar refractivity (Wildman–Crippen MR) is 90.7 cm³/mol. The Bertz CT molecular complexity index is 745. The topological polar surface area (TPSA) is 49.4 Å². The maximum atomic E-state index is 12.5. The van der Waals surface area contributed by atoms with Crippen molar-refractivity contribution in [1.29, 1.82) is 0 Å². The zero-order valence-corrected chi connectivity index (χ0v) is 13.3. The van der Waals surface area contributed by atoms with Gasteiger partial charge in [0.2, 0.25) is 5.91 Å². The Morgan fingerprint density at radius 1 is 1.13 bits per heavy atom.